The zero-order chi connectivity index (χ0) is 25.9. The molecule has 0 saturated carbocycles. The van der Waals surface area contributed by atoms with E-state index >= 15 is 0 Å². The first-order valence-electron chi connectivity index (χ1n) is 13.1. The predicted octanol–water partition coefficient (Wildman–Crippen LogP) is 9.40. The van der Waals surface area contributed by atoms with Gasteiger partial charge in [0.15, 0.2) is 0 Å². The molecule has 0 aliphatic rings. The van der Waals surface area contributed by atoms with E-state index in [2.05, 4.69) is 153 Å². The number of fused-ring (bicyclic) bond motifs is 7. The molecule has 0 aliphatic heterocycles. The van der Waals surface area contributed by atoms with Crippen LogP contribution in [0.3, 0.4) is 0 Å². The first-order chi connectivity index (χ1) is 19.3. The normalized spacial score (nSPS) is 11.7. The average molecular weight is 518 g/mol. The molecule has 39 heavy (non-hydrogen) atoms. The Morgan fingerprint density at radius 2 is 0.769 bits per heavy atom. The lowest BCUT2D eigenvalue weighted by atomic mass is 10.1. The van der Waals surface area contributed by atoms with Crippen LogP contribution in [-0.4, -0.2) is 13.7 Å². The molecule has 184 valence electrons. The molecule has 8 aromatic rings. The molecule has 0 unspecified atom stereocenters. The lowest BCUT2D eigenvalue weighted by Gasteiger charge is -2.15. The van der Waals surface area contributed by atoms with Crippen molar-refractivity contribution in [3.63, 3.8) is 0 Å². The highest BCUT2D eigenvalue weighted by Crippen LogP contribution is 2.43. The highest BCUT2D eigenvalue weighted by Gasteiger charge is 2.25. The van der Waals surface area contributed by atoms with Crippen molar-refractivity contribution >= 4 is 56.0 Å². The van der Waals surface area contributed by atoms with Crippen LogP contribution in [0.15, 0.2) is 140 Å². The van der Waals surface area contributed by atoms with Crippen molar-refractivity contribution in [1.82, 2.24) is 13.7 Å². The maximum Gasteiger partial charge on any atom is 0.136 e. The summed E-state index contributed by atoms with van der Waals surface area (Å²) in [4.78, 5) is 0. The average Bonchev–Trinajstić information content (AvgIpc) is 3.53. The fourth-order valence-electron chi connectivity index (χ4n) is 6.08. The van der Waals surface area contributed by atoms with Gasteiger partial charge < -0.3 is 9.13 Å². The Morgan fingerprint density at radius 1 is 0.359 bits per heavy atom. The molecule has 0 atom stereocenters. The van der Waals surface area contributed by atoms with E-state index in [9.17, 15) is 0 Å². The van der Waals surface area contributed by atoms with E-state index in [0.717, 1.165) is 49.3 Å². The Labute approximate surface area is 230 Å². The van der Waals surface area contributed by atoms with Crippen molar-refractivity contribution in [1.29, 1.82) is 0 Å². The van der Waals surface area contributed by atoms with Gasteiger partial charge in [-0.2, -0.15) is 0 Å². The number of para-hydroxylation sites is 5. The molecule has 0 amide bonds. The molecule has 8 rings (SSSR count). The Kier molecular flexibility index (Phi) is 4.84. The molecule has 0 bridgehead atoms. The first kappa shape index (κ1) is 22.1. The number of rotatable bonds is 3. The summed E-state index contributed by atoms with van der Waals surface area (Å²) in [6.45, 7) is 0. The SMILES string of the molecule is S=c1c2c(c3ccccc3n2-c2ccccc2)c2c(c3ccccc3n2-c2ccccc2)n1-c1ccccc1. The largest absolute Gasteiger partial charge is 0.307 e. The van der Waals surface area contributed by atoms with Crippen molar-refractivity contribution in [3.8, 4) is 17.1 Å². The van der Waals surface area contributed by atoms with Gasteiger partial charge in [0.1, 0.15) is 4.64 Å². The lowest BCUT2D eigenvalue weighted by molar-refractivity contribution is 1.07. The fourth-order valence-corrected chi connectivity index (χ4v) is 6.47. The van der Waals surface area contributed by atoms with Crippen molar-refractivity contribution in [2.45, 2.75) is 0 Å². The van der Waals surface area contributed by atoms with Crippen molar-refractivity contribution in [2.75, 3.05) is 0 Å². The number of pyridine rings is 1. The van der Waals surface area contributed by atoms with E-state index < -0.39 is 0 Å². The number of nitrogens with zero attached hydrogens (tertiary/aromatic N) is 3. The van der Waals surface area contributed by atoms with E-state index in [4.69, 9.17) is 12.2 Å². The summed E-state index contributed by atoms with van der Waals surface area (Å²) in [7, 11) is 0. The second kappa shape index (κ2) is 8.55. The third kappa shape index (κ3) is 3.13. The van der Waals surface area contributed by atoms with Crippen LogP contribution in [0.1, 0.15) is 0 Å². The van der Waals surface area contributed by atoms with Gasteiger partial charge in [-0.3, -0.25) is 4.57 Å². The van der Waals surface area contributed by atoms with Gasteiger partial charge in [0, 0.05) is 33.2 Å². The number of hydrogen-bond donors (Lipinski definition) is 0. The number of hydrogen-bond acceptors (Lipinski definition) is 1. The van der Waals surface area contributed by atoms with Crippen LogP contribution in [0.4, 0.5) is 0 Å². The van der Waals surface area contributed by atoms with Crippen LogP contribution < -0.4 is 0 Å². The highest BCUT2D eigenvalue weighted by atomic mass is 32.1. The van der Waals surface area contributed by atoms with E-state index in [1.54, 1.807) is 0 Å². The molecule has 3 nitrogen and oxygen atoms in total. The molecular weight excluding hydrogens is 494 g/mol. The van der Waals surface area contributed by atoms with Crippen LogP contribution in [0, 0.1) is 4.64 Å². The summed E-state index contributed by atoms with van der Waals surface area (Å²) in [6, 6.07) is 49.0. The van der Waals surface area contributed by atoms with Crippen LogP contribution in [0.25, 0.3) is 60.8 Å². The van der Waals surface area contributed by atoms with Crippen LogP contribution in [0.5, 0.6) is 0 Å². The maximum absolute atomic E-state index is 6.45. The highest BCUT2D eigenvalue weighted by molar-refractivity contribution is 7.71. The monoisotopic (exact) mass is 517 g/mol. The molecule has 4 heteroatoms. The first-order valence-corrected chi connectivity index (χ1v) is 13.5. The third-order valence-corrected chi connectivity index (χ3v) is 8.01. The lowest BCUT2D eigenvalue weighted by Crippen LogP contribution is -2.03. The zero-order valence-corrected chi connectivity index (χ0v) is 21.8. The molecule has 0 radical (unpaired) electrons. The van der Waals surface area contributed by atoms with Gasteiger partial charge in [-0.25, -0.2) is 0 Å². The molecular formula is C35H23N3S. The topological polar surface area (TPSA) is 14.8 Å². The Hall–Kier alpha value is -4.93. The third-order valence-electron chi connectivity index (χ3n) is 7.63. The minimum atomic E-state index is 0.791. The van der Waals surface area contributed by atoms with Gasteiger partial charge in [0.05, 0.1) is 27.6 Å². The van der Waals surface area contributed by atoms with E-state index in [-0.39, 0.29) is 0 Å². The summed E-state index contributed by atoms with van der Waals surface area (Å²) >= 11 is 6.45. The van der Waals surface area contributed by atoms with Gasteiger partial charge >= 0.3 is 0 Å². The molecule has 0 N–H and O–H groups in total. The molecule has 0 spiro atoms. The second-order valence-electron chi connectivity index (χ2n) is 9.77. The molecule has 3 aromatic heterocycles. The predicted molar refractivity (Wildman–Crippen MR) is 165 cm³/mol. The van der Waals surface area contributed by atoms with Crippen LogP contribution in [-0.2, 0) is 0 Å². The number of aromatic nitrogens is 3. The van der Waals surface area contributed by atoms with E-state index in [0.29, 0.717) is 0 Å². The standard InChI is InChI=1S/C35H23N3S/c39-35-34-31(27-20-10-12-22-29(27)37(34)25-16-6-2-7-17-25)33-32(38(35)26-18-8-3-9-19-26)28-21-11-13-23-30(28)36(33)24-14-4-1-5-15-24/h1-23H. The summed E-state index contributed by atoms with van der Waals surface area (Å²) < 4.78 is 7.80. The minimum absolute atomic E-state index is 0.791. The summed E-state index contributed by atoms with van der Waals surface area (Å²) in [5.74, 6) is 0. The van der Waals surface area contributed by atoms with Gasteiger partial charge in [-0.05, 0) is 48.5 Å². The van der Waals surface area contributed by atoms with Gasteiger partial charge in [0.25, 0.3) is 0 Å². The smallest absolute Gasteiger partial charge is 0.136 e. The maximum atomic E-state index is 6.45. The minimum Gasteiger partial charge on any atom is -0.307 e. The second-order valence-corrected chi connectivity index (χ2v) is 10.2. The van der Waals surface area contributed by atoms with Crippen molar-refractivity contribution in [2.24, 2.45) is 0 Å². The molecule has 5 aromatic carbocycles. The van der Waals surface area contributed by atoms with Gasteiger partial charge in [0.2, 0.25) is 0 Å². The fraction of sp³-hybridized carbons (Fsp3) is 0. The Balaban J connectivity index is 1.75. The van der Waals surface area contributed by atoms with Gasteiger partial charge in [-0.1, -0.05) is 103 Å². The number of benzene rings is 5. The van der Waals surface area contributed by atoms with E-state index in [1.165, 1.54) is 16.2 Å². The molecule has 0 fully saturated rings. The van der Waals surface area contributed by atoms with Crippen molar-refractivity contribution in [3.05, 3.63) is 144 Å². The summed E-state index contributed by atoms with van der Waals surface area (Å²) in [6.07, 6.45) is 0. The summed E-state index contributed by atoms with van der Waals surface area (Å²) in [5, 5.41) is 3.53. The Morgan fingerprint density at radius 3 is 1.33 bits per heavy atom. The molecule has 0 aliphatic carbocycles. The van der Waals surface area contributed by atoms with Crippen molar-refractivity contribution < 1.29 is 0 Å². The quantitative estimate of drug-likeness (QED) is 0.213. The van der Waals surface area contributed by atoms with Crippen LogP contribution >= 0.6 is 12.2 Å². The zero-order valence-electron chi connectivity index (χ0n) is 21.0. The van der Waals surface area contributed by atoms with Crippen LogP contribution in [0.2, 0.25) is 0 Å². The summed E-state index contributed by atoms with van der Waals surface area (Å²) in [5.41, 5.74) is 8.87. The van der Waals surface area contributed by atoms with E-state index in [1.807, 2.05) is 0 Å². The molecule has 3 heterocycles. The molecule has 0 saturated heterocycles. The Bertz CT molecular complexity index is 2220. The van der Waals surface area contributed by atoms with Gasteiger partial charge in [-0.15, -0.1) is 0 Å².